The molecule has 1 fully saturated rings. The molecule has 0 aromatic rings. The second-order valence-electron chi connectivity index (χ2n) is 7.11. The summed E-state index contributed by atoms with van der Waals surface area (Å²) in [5.41, 5.74) is 0. The van der Waals surface area contributed by atoms with Crippen LogP contribution < -0.4 is 0 Å². The van der Waals surface area contributed by atoms with Gasteiger partial charge in [0.2, 0.25) is 0 Å². The van der Waals surface area contributed by atoms with E-state index in [0.29, 0.717) is 18.2 Å². The molecule has 0 bridgehead atoms. The Bertz CT molecular complexity index is 282. The predicted molar refractivity (Wildman–Crippen MR) is 95.1 cm³/mol. The number of nitrogens with zero attached hydrogens (tertiary/aromatic N) is 3. The van der Waals surface area contributed by atoms with Gasteiger partial charge in [0.25, 0.3) is 0 Å². The van der Waals surface area contributed by atoms with Crippen LogP contribution in [0, 0.1) is 0 Å². The number of rotatable bonds is 8. The van der Waals surface area contributed by atoms with E-state index in [-0.39, 0.29) is 0 Å². The van der Waals surface area contributed by atoms with Crippen molar-refractivity contribution < 1.29 is 0 Å². The van der Waals surface area contributed by atoms with Crippen molar-refractivity contribution in [3.05, 3.63) is 0 Å². The van der Waals surface area contributed by atoms with Crippen LogP contribution >= 0.6 is 0 Å². The quantitative estimate of drug-likeness (QED) is 0.567. The molecule has 0 amide bonds. The van der Waals surface area contributed by atoms with Crippen LogP contribution in [0.25, 0.3) is 0 Å². The average molecular weight is 403 g/mol. The Morgan fingerprint density at radius 2 is 1.19 bits per heavy atom. The second kappa shape index (κ2) is 8.51. The van der Waals surface area contributed by atoms with Gasteiger partial charge in [0, 0.05) is 0 Å². The zero-order chi connectivity index (χ0) is 16.3. The van der Waals surface area contributed by atoms with Gasteiger partial charge in [-0.25, -0.2) is 0 Å². The van der Waals surface area contributed by atoms with E-state index in [1.165, 1.54) is 19.3 Å². The van der Waals surface area contributed by atoms with Gasteiger partial charge in [-0.05, 0) is 0 Å². The van der Waals surface area contributed by atoms with Gasteiger partial charge in [-0.1, -0.05) is 0 Å². The Balaban J connectivity index is 3.11. The van der Waals surface area contributed by atoms with Crippen molar-refractivity contribution in [3.63, 3.8) is 0 Å². The first-order valence-corrected chi connectivity index (χ1v) is 12.9. The molecule has 1 radical (unpaired) electrons. The molecule has 0 aromatic carbocycles. The van der Waals surface area contributed by atoms with Crippen LogP contribution in [0.5, 0.6) is 0 Å². The van der Waals surface area contributed by atoms with Gasteiger partial charge >= 0.3 is 142 Å². The molecule has 0 N–H and O–H groups in total. The molecule has 3 nitrogen and oxygen atoms in total. The molecule has 1 saturated heterocycles. The fourth-order valence-electron chi connectivity index (χ4n) is 3.51. The van der Waals surface area contributed by atoms with E-state index in [1.807, 2.05) is 0 Å². The van der Waals surface area contributed by atoms with Gasteiger partial charge < -0.3 is 0 Å². The van der Waals surface area contributed by atoms with Gasteiger partial charge in [-0.3, -0.25) is 0 Å². The Kier molecular flexibility index (Phi) is 7.99. The van der Waals surface area contributed by atoms with Crippen LogP contribution in [-0.2, 0) is 0 Å². The summed E-state index contributed by atoms with van der Waals surface area (Å²) >= 11 is -1.88. The normalized spacial score (nSPS) is 22.3. The van der Waals surface area contributed by atoms with Crippen molar-refractivity contribution in [2.45, 2.75) is 112 Å². The van der Waals surface area contributed by atoms with E-state index in [2.05, 4.69) is 71.7 Å². The topological polar surface area (TPSA) is 9.72 Å². The second-order valence-corrected chi connectivity index (χ2v) is 13.2. The first-order valence-electron chi connectivity index (χ1n) is 9.03. The Morgan fingerprint density at radius 1 is 0.810 bits per heavy atom. The Labute approximate surface area is 141 Å². The van der Waals surface area contributed by atoms with Crippen molar-refractivity contribution >= 4 is 20.6 Å². The molecule has 0 aromatic heterocycles. The van der Waals surface area contributed by atoms with E-state index < -0.39 is 20.6 Å². The molecule has 1 heterocycles. The van der Waals surface area contributed by atoms with Crippen LogP contribution in [0.1, 0.15) is 81.6 Å². The number of hydrogen-bond donors (Lipinski definition) is 0. The fourth-order valence-corrected chi connectivity index (χ4v) is 14.5. The van der Waals surface area contributed by atoms with Gasteiger partial charge in [0.15, 0.2) is 0 Å². The summed E-state index contributed by atoms with van der Waals surface area (Å²) in [7, 11) is 0. The maximum absolute atomic E-state index is 2.95. The zero-order valence-corrected chi connectivity index (χ0v) is 18.7. The van der Waals surface area contributed by atoms with Crippen molar-refractivity contribution in [2.24, 2.45) is 0 Å². The van der Waals surface area contributed by atoms with Crippen LogP contribution in [-0.4, -0.2) is 60.3 Å². The molecule has 1 aliphatic rings. The predicted octanol–water partition coefficient (Wildman–Crippen LogP) is 4.04. The summed E-state index contributed by atoms with van der Waals surface area (Å²) in [5, 5.41) is 0. The minimum atomic E-state index is -1.88. The monoisotopic (exact) mass is 404 g/mol. The SMILES string of the molecule is CCC(C)[N](C(C)CC)[Sn]1[N](C(C)C)C(CC)[N]1C(C)C. The van der Waals surface area contributed by atoms with Gasteiger partial charge in [-0.2, -0.15) is 0 Å². The van der Waals surface area contributed by atoms with E-state index in [0.717, 1.165) is 12.1 Å². The van der Waals surface area contributed by atoms with Gasteiger partial charge in [0.1, 0.15) is 0 Å². The zero-order valence-electron chi connectivity index (χ0n) is 15.8. The molecule has 21 heavy (non-hydrogen) atoms. The molecule has 125 valence electrons. The third-order valence-corrected chi connectivity index (χ3v) is 16.1. The van der Waals surface area contributed by atoms with Crippen LogP contribution in [0.15, 0.2) is 0 Å². The molecule has 0 spiro atoms. The third-order valence-electron chi connectivity index (χ3n) is 4.94. The van der Waals surface area contributed by atoms with Crippen molar-refractivity contribution in [1.82, 2.24) is 9.36 Å². The molecule has 1 aliphatic heterocycles. The molecule has 4 heteroatoms. The molecule has 2 unspecified atom stereocenters. The summed E-state index contributed by atoms with van der Waals surface area (Å²) in [6.07, 6.45) is 4.48. The summed E-state index contributed by atoms with van der Waals surface area (Å²) < 4.78 is 8.79. The van der Waals surface area contributed by atoms with E-state index in [1.54, 1.807) is 0 Å². The van der Waals surface area contributed by atoms with Crippen LogP contribution in [0.4, 0.5) is 0 Å². The number of hydrogen-bond acceptors (Lipinski definition) is 3. The van der Waals surface area contributed by atoms with Crippen LogP contribution in [0.2, 0.25) is 0 Å². The van der Waals surface area contributed by atoms with E-state index in [9.17, 15) is 0 Å². The first-order chi connectivity index (χ1) is 9.81. The summed E-state index contributed by atoms with van der Waals surface area (Å²) in [6, 6.07) is 2.81. The Morgan fingerprint density at radius 3 is 1.43 bits per heavy atom. The summed E-state index contributed by atoms with van der Waals surface area (Å²) in [5.74, 6) is 0. The van der Waals surface area contributed by atoms with Crippen molar-refractivity contribution in [1.29, 1.82) is 0 Å². The van der Waals surface area contributed by atoms with Gasteiger partial charge in [0.05, 0.1) is 0 Å². The summed E-state index contributed by atoms with van der Waals surface area (Å²) in [4.78, 5) is 0. The maximum atomic E-state index is 2.95. The third kappa shape index (κ3) is 3.96. The van der Waals surface area contributed by atoms with E-state index in [4.69, 9.17) is 0 Å². The first kappa shape index (κ1) is 19.7. The average Bonchev–Trinajstić information content (AvgIpc) is 2.40. The summed E-state index contributed by atoms with van der Waals surface area (Å²) in [6.45, 7) is 21.5. The van der Waals surface area contributed by atoms with E-state index >= 15 is 0 Å². The molecular weight excluding hydrogens is 365 g/mol. The standard InChI is InChI=1S/C9H20N2.C8H18N.Sn/c1-6-9(10-7(2)3)11-8(4)5;1-5-7(3)9-8(4)6-2;/h7-9H,6H2,1-5H3;7-8H,5-6H2,1-4H3;/q-2;-1;+3. The van der Waals surface area contributed by atoms with Crippen molar-refractivity contribution in [2.75, 3.05) is 0 Å². The minimum absolute atomic E-state index is 0.690. The van der Waals surface area contributed by atoms with Crippen molar-refractivity contribution in [3.8, 4) is 0 Å². The van der Waals surface area contributed by atoms with Crippen LogP contribution in [0.3, 0.4) is 0 Å². The molecule has 2 atom stereocenters. The Hall–Kier alpha value is 0.679. The molecule has 1 rings (SSSR count). The molecule has 0 aliphatic carbocycles. The van der Waals surface area contributed by atoms with Gasteiger partial charge in [-0.15, -0.1) is 0 Å². The fraction of sp³-hybridized carbons (Fsp3) is 1.00. The molecule has 0 saturated carbocycles. The molecular formula is C17H38N3Sn.